The van der Waals surface area contributed by atoms with Crippen molar-refractivity contribution in [3.63, 3.8) is 0 Å². The molecule has 0 fully saturated rings. The summed E-state index contributed by atoms with van der Waals surface area (Å²) in [5.74, 6) is 0.297. The van der Waals surface area contributed by atoms with Crippen LogP contribution < -0.4 is 4.74 Å². The highest BCUT2D eigenvalue weighted by atomic mass is 16.5. The van der Waals surface area contributed by atoms with Gasteiger partial charge in [-0.05, 0) is 47.9 Å². The second-order valence-corrected chi connectivity index (χ2v) is 9.97. The zero-order valence-corrected chi connectivity index (χ0v) is 21.4. The molecule has 182 valence electrons. The molecule has 0 spiro atoms. The topological polar surface area (TPSA) is 57.0 Å². The van der Waals surface area contributed by atoms with Gasteiger partial charge in [0.15, 0.2) is 5.82 Å². The van der Waals surface area contributed by atoms with Crippen molar-refractivity contribution >= 4 is 5.91 Å². The quantitative estimate of drug-likeness (QED) is 0.283. The summed E-state index contributed by atoms with van der Waals surface area (Å²) in [5, 5.41) is 4.43. The molecule has 3 aromatic rings. The van der Waals surface area contributed by atoms with E-state index in [1.165, 1.54) is 41.5 Å². The zero-order chi connectivity index (χ0) is 24.6. The van der Waals surface area contributed by atoms with Crippen LogP contribution in [0.1, 0.15) is 94.6 Å². The lowest BCUT2D eigenvalue weighted by Gasteiger charge is -2.19. The second-order valence-electron chi connectivity index (χ2n) is 9.97. The summed E-state index contributed by atoms with van der Waals surface area (Å²) in [6.45, 7) is 11.4. The Morgan fingerprint density at radius 2 is 1.56 bits per heavy atom. The number of aromatic nitrogens is 3. The average Bonchev–Trinajstić information content (AvgIpc) is 3.26. The molecule has 5 nitrogen and oxygen atoms in total. The number of ether oxygens (including phenoxy) is 1. The molecule has 0 aliphatic carbocycles. The molecular formula is C29H39N3O2. The van der Waals surface area contributed by atoms with Crippen LogP contribution in [0.4, 0.5) is 0 Å². The second kappa shape index (κ2) is 12.0. The van der Waals surface area contributed by atoms with Gasteiger partial charge in [0.1, 0.15) is 0 Å². The molecule has 0 N–H and O–H groups in total. The number of nitrogens with zero attached hydrogens (tertiary/aromatic N) is 3. The lowest BCUT2D eigenvalue weighted by Crippen LogP contribution is -2.15. The first-order chi connectivity index (χ1) is 16.3. The molecule has 3 rings (SSSR count). The highest BCUT2D eigenvalue weighted by Gasteiger charge is 2.21. The predicted octanol–water partition coefficient (Wildman–Crippen LogP) is 7.23. The van der Waals surface area contributed by atoms with Gasteiger partial charge < -0.3 is 4.74 Å². The highest BCUT2D eigenvalue weighted by molar-refractivity contribution is 5.97. The number of aryl methyl sites for hydroxylation is 1. The minimum atomic E-state index is -0.203. The maximum absolute atomic E-state index is 13.4. The summed E-state index contributed by atoms with van der Waals surface area (Å²) in [6.07, 6.45) is 7.90. The van der Waals surface area contributed by atoms with E-state index in [9.17, 15) is 4.79 Å². The van der Waals surface area contributed by atoms with Gasteiger partial charge in [0.05, 0.1) is 6.61 Å². The van der Waals surface area contributed by atoms with Crippen LogP contribution in [0.15, 0.2) is 48.5 Å². The van der Waals surface area contributed by atoms with Crippen molar-refractivity contribution in [3.8, 4) is 17.4 Å². The van der Waals surface area contributed by atoms with Gasteiger partial charge >= 0.3 is 6.01 Å². The molecule has 1 heterocycles. The monoisotopic (exact) mass is 461 g/mol. The number of carbonyl (C=O) groups excluding carboxylic acids is 1. The van der Waals surface area contributed by atoms with Crippen molar-refractivity contribution in [2.45, 2.75) is 85.0 Å². The summed E-state index contributed by atoms with van der Waals surface area (Å²) in [5.41, 5.74) is 3.96. The third kappa shape index (κ3) is 6.78. The number of carbonyl (C=O) groups is 1. The van der Waals surface area contributed by atoms with E-state index in [1.807, 2.05) is 36.4 Å². The van der Waals surface area contributed by atoms with E-state index >= 15 is 0 Å². The van der Waals surface area contributed by atoms with Crippen molar-refractivity contribution in [2.75, 3.05) is 6.61 Å². The van der Waals surface area contributed by atoms with Crippen molar-refractivity contribution < 1.29 is 9.53 Å². The van der Waals surface area contributed by atoms with Crippen LogP contribution in [0.5, 0.6) is 6.01 Å². The van der Waals surface area contributed by atoms with Gasteiger partial charge in [-0.3, -0.25) is 4.79 Å². The first kappa shape index (κ1) is 25.7. The van der Waals surface area contributed by atoms with Gasteiger partial charge in [-0.25, -0.2) is 0 Å². The molecule has 0 radical (unpaired) electrons. The Hall–Kier alpha value is -2.95. The Bertz CT molecular complexity index is 1040. The Kier molecular flexibility index (Phi) is 9.03. The van der Waals surface area contributed by atoms with E-state index in [-0.39, 0.29) is 17.3 Å². The van der Waals surface area contributed by atoms with Gasteiger partial charge in [0.25, 0.3) is 5.91 Å². The summed E-state index contributed by atoms with van der Waals surface area (Å²) < 4.78 is 7.12. The fraction of sp³-hybridized carbons (Fsp3) is 0.483. The van der Waals surface area contributed by atoms with E-state index in [0.717, 1.165) is 24.8 Å². The predicted molar refractivity (Wildman–Crippen MR) is 139 cm³/mol. The smallest absolute Gasteiger partial charge is 0.336 e. The average molecular weight is 462 g/mol. The minimum absolute atomic E-state index is 0.0503. The standard InChI is InChI=1S/C29H39N3O2/c1-6-8-10-11-12-22-13-15-24(16-14-22)27(33)32-26(30-28(31-32)34-21-9-7-2)23-17-19-25(20-18-23)29(3,4)5/h13-20H,6-12,21H2,1-5H3. The summed E-state index contributed by atoms with van der Waals surface area (Å²) >= 11 is 0. The molecule has 0 saturated carbocycles. The molecule has 5 heteroatoms. The molecule has 0 aliphatic heterocycles. The Labute approximate surface area is 204 Å². The lowest BCUT2D eigenvalue weighted by molar-refractivity contribution is 0.0944. The third-order valence-corrected chi connectivity index (χ3v) is 6.04. The van der Waals surface area contributed by atoms with Crippen LogP contribution in [0.2, 0.25) is 0 Å². The van der Waals surface area contributed by atoms with Gasteiger partial charge in [0.2, 0.25) is 0 Å². The fourth-order valence-corrected chi connectivity index (χ4v) is 3.80. The SMILES string of the molecule is CCCCCCc1ccc(C(=O)n2nc(OCCCC)nc2-c2ccc(C(C)(C)C)cc2)cc1. The van der Waals surface area contributed by atoms with Gasteiger partial charge in [-0.1, -0.05) is 96.7 Å². The van der Waals surface area contributed by atoms with E-state index in [4.69, 9.17) is 4.74 Å². The molecule has 0 unspecified atom stereocenters. The highest BCUT2D eigenvalue weighted by Crippen LogP contribution is 2.27. The number of benzene rings is 2. The molecule has 0 atom stereocenters. The molecule has 2 aromatic carbocycles. The Morgan fingerprint density at radius 3 is 2.18 bits per heavy atom. The first-order valence-electron chi connectivity index (χ1n) is 12.7. The number of hydrogen-bond donors (Lipinski definition) is 0. The lowest BCUT2D eigenvalue weighted by atomic mass is 9.87. The fourth-order valence-electron chi connectivity index (χ4n) is 3.80. The summed E-state index contributed by atoms with van der Waals surface area (Å²) in [4.78, 5) is 18.0. The van der Waals surface area contributed by atoms with E-state index < -0.39 is 0 Å². The van der Waals surface area contributed by atoms with Crippen LogP contribution in [-0.4, -0.2) is 27.3 Å². The number of hydrogen-bond acceptors (Lipinski definition) is 4. The molecule has 1 aromatic heterocycles. The van der Waals surface area contributed by atoms with Gasteiger partial charge in [-0.2, -0.15) is 9.67 Å². The molecule has 0 saturated heterocycles. The Balaban J connectivity index is 1.86. The number of rotatable bonds is 11. The first-order valence-corrected chi connectivity index (χ1v) is 12.7. The van der Waals surface area contributed by atoms with Crippen LogP contribution in [-0.2, 0) is 11.8 Å². The van der Waals surface area contributed by atoms with Crippen molar-refractivity contribution in [1.82, 2.24) is 14.8 Å². The van der Waals surface area contributed by atoms with Crippen LogP contribution in [0.3, 0.4) is 0 Å². The van der Waals surface area contributed by atoms with Gasteiger partial charge in [-0.15, -0.1) is 5.10 Å². The van der Waals surface area contributed by atoms with Crippen LogP contribution in [0.25, 0.3) is 11.4 Å². The summed E-state index contributed by atoms with van der Waals surface area (Å²) in [6, 6.07) is 16.3. The molecule has 0 aliphatic rings. The minimum Gasteiger partial charge on any atom is -0.462 e. The maximum atomic E-state index is 13.4. The van der Waals surface area contributed by atoms with E-state index in [1.54, 1.807) is 0 Å². The zero-order valence-electron chi connectivity index (χ0n) is 21.4. The molecule has 34 heavy (non-hydrogen) atoms. The molecular weight excluding hydrogens is 422 g/mol. The third-order valence-electron chi connectivity index (χ3n) is 6.04. The van der Waals surface area contributed by atoms with Crippen LogP contribution in [0, 0.1) is 0 Å². The van der Waals surface area contributed by atoms with Gasteiger partial charge in [0, 0.05) is 11.1 Å². The van der Waals surface area contributed by atoms with E-state index in [0.29, 0.717) is 18.0 Å². The normalized spacial score (nSPS) is 11.6. The van der Waals surface area contributed by atoms with Crippen molar-refractivity contribution in [2.24, 2.45) is 0 Å². The Morgan fingerprint density at radius 1 is 0.882 bits per heavy atom. The largest absolute Gasteiger partial charge is 0.462 e. The summed E-state index contributed by atoms with van der Waals surface area (Å²) in [7, 11) is 0. The van der Waals surface area contributed by atoms with Crippen molar-refractivity contribution in [1.29, 1.82) is 0 Å². The number of unbranched alkanes of at least 4 members (excludes halogenated alkanes) is 4. The van der Waals surface area contributed by atoms with Crippen molar-refractivity contribution in [3.05, 3.63) is 65.2 Å². The van der Waals surface area contributed by atoms with Crippen LogP contribution >= 0.6 is 0 Å². The van der Waals surface area contributed by atoms with E-state index in [2.05, 4.69) is 56.8 Å². The maximum Gasteiger partial charge on any atom is 0.336 e. The molecule has 0 amide bonds. The molecule has 0 bridgehead atoms.